The number of aromatic amines is 2. The summed E-state index contributed by atoms with van der Waals surface area (Å²) < 4.78 is 16.7. The van der Waals surface area contributed by atoms with Gasteiger partial charge in [0, 0.05) is 36.6 Å². The number of likely N-dealkylation sites (tertiary alicyclic amines) is 1. The Hall–Kier alpha value is -6.47. The van der Waals surface area contributed by atoms with Crippen LogP contribution in [0.15, 0.2) is 91.1 Å². The Morgan fingerprint density at radius 1 is 0.864 bits per heavy atom. The lowest BCUT2D eigenvalue weighted by atomic mass is 9.89. The SMILES string of the molecule is CCCC[C@H](NC(=O)OCc1ccccc1)c1ncc(-c2ccc3cc(-c4ccc5c(c4)CCc4[nH]c([C@@H]6CCCN6C(=O)[C@@H](NC(=O)OC(C)(C)C)C6CCOCC6)nc4-5)ccc3c2)[nH]1. The van der Waals surface area contributed by atoms with Crippen LogP contribution in [0.1, 0.15) is 113 Å². The molecule has 13 nitrogen and oxygen atoms in total. The van der Waals surface area contributed by atoms with Crippen LogP contribution in [-0.2, 0) is 38.5 Å². The number of aromatic nitrogens is 4. The highest BCUT2D eigenvalue weighted by molar-refractivity contribution is 5.91. The van der Waals surface area contributed by atoms with Crippen LogP contribution < -0.4 is 10.6 Å². The molecule has 13 heteroatoms. The Morgan fingerprint density at radius 3 is 2.38 bits per heavy atom. The van der Waals surface area contributed by atoms with Crippen molar-refractivity contribution in [3.05, 3.63) is 120 Å². The number of rotatable bonds is 13. The molecular formula is C53H61N7O6. The number of amides is 3. The Bertz CT molecular complexity index is 2680. The van der Waals surface area contributed by atoms with Crippen molar-refractivity contribution in [2.24, 2.45) is 5.92 Å². The second-order valence-electron chi connectivity index (χ2n) is 18.9. The highest BCUT2D eigenvalue weighted by atomic mass is 16.6. The summed E-state index contributed by atoms with van der Waals surface area (Å²) in [6.45, 7) is 9.54. The minimum Gasteiger partial charge on any atom is -0.445 e. The van der Waals surface area contributed by atoms with Gasteiger partial charge >= 0.3 is 12.2 Å². The minimum atomic E-state index is -0.697. The van der Waals surface area contributed by atoms with E-state index in [-0.39, 0.29) is 30.5 Å². The van der Waals surface area contributed by atoms with E-state index in [0.717, 1.165) is 106 Å². The van der Waals surface area contributed by atoms with Crippen LogP contribution in [0, 0.1) is 5.92 Å². The maximum absolute atomic E-state index is 14.4. The van der Waals surface area contributed by atoms with Gasteiger partial charge in [0.2, 0.25) is 5.91 Å². The highest BCUT2D eigenvalue weighted by Gasteiger charge is 2.41. The third-order valence-electron chi connectivity index (χ3n) is 13.1. The summed E-state index contributed by atoms with van der Waals surface area (Å²) in [4.78, 5) is 59.2. The molecule has 344 valence electrons. The second-order valence-corrected chi connectivity index (χ2v) is 18.9. The van der Waals surface area contributed by atoms with E-state index < -0.39 is 23.8 Å². The van der Waals surface area contributed by atoms with E-state index in [1.807, 2.05) is 62.2 Å². The van der Waals surface area contributed by atoms with Gasteiger partial charge in [-0.3, -0.25) is 4.79 Å². The molecule has 2 aromatic heterocycles. The first-order valence-electron chi connectivity index (χ1n) is 23.7. The van der Waals surface area contributed by atoms with Crippen LogP contribution >= 0.6 is 0 Å². The first-order chi connectivity index (χ1) is 32.0. The van der Waals surface area contributed by atoms with Crippen molar-refractivity contribution in [3.63, 3.8) is 0 Å². The summed E-state index contributed by atoms with van der Waals surface area (Å²) in [5, 5.41) is 8.23. The maximum atomic E-state index is 14.4. The number of benzene rings is 4. The van der Waals surface area contributed by atoms with E-state index in [9.17, 15) is 14.4 Å². The van der Waals surface area contributed by atoms with Crippen molar-refractivity contribution in [1.82, 2.24) is 35.5 Å². The summed E-state index contributed by atoms with van der Waals surface area (Å²) in [5.41, 5.74) is 8.85. The van der Waals surface area contributed by atoms with Gasteiger partial charge in [-0.15, -0.1) is 0 Å². The van der Waals surface area contributed by atoms with Gasteiger partial charge in [0.05, 0.1) is 29.7 Å². The van der Waals surface area contributed by atoms with Crippen molar-refractivity contribution < 1.29 is 28.6 Å². The number of H-pyrrole nitrogens is 2. The number of hydrogen-bond donors (Lipinski definition) is 4. The Balaban J connectivity index is 0.885. The van der Waals surface area contributed by atoms with Crippen molar-refractivity contribution >= 4 is 28.9 Å². The Labute approximate surface area is 386 Å². The number of unbranched alkanes of at least 4 members (excludes halogenated alkanes) is 1. The number of aryl methyl sites for hydroxylation is 2. The van der Waals surface area contributed by atoms with Crippen LogP contribution in [0.25, 0.3) is 44.4 Å². The van der Waals surface area contributed by atoms with E-state index >= 15 is 0 Å². The molecule has 0 radical (unpaired) electrons. The zero-order valence-corrected chi connectivity index (χ0v) is 38.5. The van der Waals surface area contributed by atoms with Gasteiger partial charge in [-0.1, -0.05) is 92.6 Å². The van der Waals surface area contributed by atoms with Gasteiger partial charge < -0.3 is 39.7 Å². The number of hydrogen-bond acceptors (Lipinski definition) is 8. The molecule has 6 aromatic rings. The summed E-state index contributed by atoms with van der Waals surface area (Å²) in [6.07, 6.45) is 8.23. The predicted octanol–water partition coefficient (Wildman–Crippen LogP) is 10.5. The Kier molecular flexibility index (Phi) is 13.2. The van der Waals surface area contributed by atoms with Gasteiger partial charge in [-0.25, -0.2) is 19.6 Å². The highest BCUT2D eigenvalue weighted by Crippen LogP contribution is 2.39. The van der Waals surface area contributed by atoms with Crippen LogP contribution in [0.2, 0.25) is 0 Å². The van der Waals surface area contributed by atoms with Gasteiger partial charge in [0.25, 0.3) is 0 Å². The molecule has 4 heterocycles. The minimum absolute atomic E-state index is 0.0369. The van der Waals surface area contributed by atoms with E-state index in [4.69, 9.17) is 24.2 Å². The fourth-order valence-corrected chi connectivity index (χ4v) is 9.67. The molecular weight excluding hydrogens is 831 g/mol. The van der Waals surface area contributed by atoms with Crippen LogP contribution in [0.3, 0.4) is 0 Å². The number of nitrogens with one attached hydrogen (secondary N) is 4. The summed E-state index contributed by atoms with van der Waals surface area (Å²) in [5.74, 6) is 1.38. The molecule has 0 unspecified atom stereocenters. The molecule has 1 aliphatic carbocycles. The number of ether oxygens (including phenoxy) is 3. The van der Waals surface area contributed by atoms with Crippen molar-refractivity contribution in [2.75, 3.05) is 19.8 Å². The number of fused-ring (bicyclic) bond motifs is 4. The molecule has 0 spiro atoms. The number of alkyl carbamates (subject to hydrolysis) is 2. The van der Waals surface area contributed by atoms with E-state index in [1.165, 1.54) is 5.56 Å². The molecule has 3 atom stereocenters. The van der Waals surface area contributed by atoms with Crippen molar-refractivity contribution in [1.29, 1.82) is 0 Å². The molecule has 0 saturated carbocycles. The quantitative estimate of drug-likeness (QED) is 0.0890. The van der Waals surface area contributed by atoms with Gasteiger partial charge in [0.1, 0.15) is 29.9 Å². The van der Waals surface area contributed by atoms with Gasteiger partial charge in [-0.05, 0) is 117 Å². The normalized spacial score (nSPS) is 17.2. The molecule has 0 bridgehead atoms. The first kappa shape index (κ1) is 44.7. The number of nitrogens with zero attached hydrogens (tertiary/aromatic N) is 3. The molecule has 66 heavy (non-hydrogen) atoms. The van der Waals surface area contributed by atoms with E-state index in [0.29, 0.717) is 38.4 Å². The summed E-state index contributed by atoms with van der Waals surface area (Å²) >= 11 is 0. The third kappa shape index (κ3) is 10.2. The number of carbonyl (C=O) groups is 3. The van der Waals surface area contributed by atoms with E-state index in [1.54, 1.807) is 0 Å². The molecule has 3 amide bonds. The fourth-order valence-electron chi connectivity index (χ4n) is 9.67. The Morgan fingerprint density at radius 2 is 1.61 bits per heavy atom. The average molecular weight is 892 g/mol. The van der Waals surface area contributed by atoms with Crippen LogP contribution in [0.5, 0.6) is 0 Å². The monoisotopic (exact) mass is 891 g/mol. The zero-order chi connectivity index (χ0) is 45.8. The lowest BCUT2D eigenvalue weighted by molar-refractivity contribution is -0.137. The third-order valence-corrected chi connectivity index (χ3v) is 13.1. The molecule has 2 saturated heterocycles. The number of imidazole rings is 2. The molecule has 2 aliphatic heterocycles. The molecule has 4 N–H and O–H groups in total. The van der Waals surface area contributed by atoms with Gasteiger partial charge in [-0.2, -0.15) is 0 Å². The molecule has 9 rings (SSSR count). The molecule has 4 aromatic carbocycles. The largest absolute Gasteiger partial charge is 0.445 e. The standard InChI is InChI=1S/C53H61N7O6/c1-5-6-13-43(57-51(62)65-32-33-11-8-7-9-12-33)48-54-31-44(56-48)40-18-17-36-28-35(15-16-37(36)30-40)38-19-21-41-39(29-38)20-22-42-47(41)58-49(55-42)45-14-10-25-60(45)50(61)46(34-23-26-64-27-24-34)59-52(63)66-53(2,3)4/h7-9,11-12,15-19,21,28-31,34,43,45-46H,5-6,10,13-14,20,22-27,32H2,1-4H3,(H,54,56)(H,55,58)(H,57,62)(H,59,63)/t43-,45-,46-/m0/s1. The first-order valence-corrected chi connectivity index (χ1v) is 23.7. The topological polar surface area (TPSA) is 164 Å². The summed E-state index contributed by atoms with van der Waals surface area (Å²) in [7, 11) is 0. The maximum Gasteiger partial charge on any atom is 0.408 e. The van der Waals surface area contributed by atoms with Crippen LogP contribution in [-0.4, -0.2) is 74.3 Å². The molecule has 2 fully saturated rings. The fraction of sp³-hybridized carbons (Fsp3) is 0.415. The van der Waals surface area contributed by atoms with Gasteiger partial charge in [0.15, 0.2) is 0 Å². The predicted molar refractivity (Wildman–Crippen MR) is 254 cm³/mol. The number of carbonyl (C=O) groups excluding carboxylic acids is 3. The van der Waals surface area contributed by atoms with Crippen LogP contribution in [0.4, 0.5) is 9.59 Å². The lowest BCUT2D eigenvalue weighted by Crippen LogP contribution is -2.54. The van der Waals surface area contributed by atoms with Crippen molar-refractivity contribution in [3.8, 4) is 33.6 Å². The average Bonchev–Trinajstić information content (AvgIpc) is 4.12. The zero-order valence-electron chi connectivity index (χ0n) is 38.5. The smallest absolute Gasteiger partial charge is 0.408 e. The lowest BCUT2D eigenvalue weighted by Gasteiger charge is -2.34. The molecule has 3 aliphatic rings. The van der Waals surface area contributed by atoms with Crippen molar-refractivity contribution in [2.45, 2.75) is 116 Å². The van der Waals surface area contributed by atoms with E-state index in [2.05, 4.69) is 82.1 Å². The second kappa shape index (κ2) is 19.6. The summed E-state index contributed by atoms with van der Waals surface area (Å²) in [6, 6.07) is 28.1.